The van der Waals surface area contributed by atoms with Gasteiger partial charge < -0.3 is 25.8 Å². The quantitative estimate of drug-likeness (QED) is 0.734. The molecule has 1 aromatic rings. The maximum Gasteiger partial charge on any atom is 0.315 e. The summed E-state index contributed by atoms with van der Waals surface area (Å²) in [5.74, 6) is 0.612. The van der Waals surface area contributed by atoms with E-state index in [4.69, 9.17) is 15.2 Å². The average Bonchev–Trinajstić information content (AvgIpc) is 2.59. The number of rotatable bonds is 6. The van der Waals surface area contributed by atoms with E-state index in [1.165, 1.54) is 0 Å². The summed E-state index contributed by atoms with van der Waals surface area (Å²) in [5.41, 5.74) is 6.31. The highest BCUT2D eigenvalue weighted by molar-refractivity contribution is 5.80. The summed E-state index contributed by atoms with van der Waals surface area (Å²) in [6.07, 6.45) is 3.47. The predicted octanol–water partition coefficient (Wildman–Crippen LogP) is 1.55. The largest absolute Gasteiger partial charge is 0.493 e. The molecule has 4 N–H and O–H groups in total. The van der Waals surface area contributed by atoms with Gasteiger partial charge in [-0.25, -0.2) is 4.79 Å². The van der Waals surface area contributed by atoms with Crippen molar-refractivity contribution in [1.82, 2.24) is 10.6 Å². The van der Waals surface area contributed by atoms with Gasteiger partial charge in [0.15, 0.2) is 11.5 Å². The van der Waals surface area contributed by atoms with E-state index in [0.717, 1.165) is 31.2 Å². The molecule has 0 unspecified atom stereocenters. The first-order chi connectivity index (χ1) is 11.5. The number of carbonyl (C=O) groups excluding carboxylic acids is 2. The van der Waals surface area contributed by atoms with Gasteiger partial charge in [0, 0.05) is 12.6 Å². The molecular formula is C17H25N3O4. The standard InChI is InChI=1S/C17H25N3O4/c1-23-14-8-7-11(9-15(14)24-2)10-19-17(22)20-13-6-4-3-5-12(13)16(18)21/h7-9,12-13H,3-6,10H2,1-2H3,(H2,18,21)(H2,19,20,22)/t12-,13+/m0/s1. The van der Waals surface area contributed by atoms with Crippen LogP contribution in [0, 0.1) is 5.92 Å². The van der Waals surface area contributed by atoms with Gasteiger partial charge in [0.2, 0.25) is 5.91 Å². The highest BCUT2D eigenvalue weighted by Gasteiger charge is 2.30. The van der Waals surface area contributed by atoms with Gasteiger partial charge in [-0.3, -0.25) is 4.79 Å². The van der Waals surface area contributed by atoms with E-state index in [1.54, 1.807) is 20.3 Å². The number of nitrogens with two attached hydrogens (primary N) is 1. The Morgan fingerprint density at radius 1 is 1.17 bits per heavy atom. The predicted molar refractivity (Wildman–Crippen MR) is 89.9 cm³/mol. The first kappa shape index (κ1) is 17.9. The number of primary amides is 1. The molecule has 7 heteroatoms. The van der Waals surface area contributed by atoms with Crippen molar-refractivity contribution in [3.63, 3.8) is 0 Å². The van der Waals surface area contributed by atoms with Crippen LogP contribution >= 0.6 is 0 Å². The number of carbonyl (C=O) groups is 2. The number of hydrogen-bond donors (Lipinski definition) is 3. The second-order valence-electron chi connectivity index (χ2n) is 5.92. The molecule has 0 radical (unpaired) electrons. The number of urea groups is 1. The van der Waals surface area contributed by atoms with Crippen molar-refractivity contribution in [2.75, 3.05) is 14.2 Å². The molecule has 7 nitrogen and oxygen atoms in total. The fraction of sp³-hybridized carbons (Fsp3) is 0.529. The summed E-state index contributed by atoms with van der Waals surface area (Å²) in [5, 5.41) is 5.66. The molecule has 132 valence electrons. The number of ether oxygens (including phenoxy) is 2. The Hall–Kier alpha value is -2.44. The van der Waals surface area contributed by atoms with Crippen LogP contribution in [0.4, 0.5) is 4.79 Å². The Kier molecular flexibility index (Phi) is 6.28. The summed E-state index contributed by atoms with van der Waals surface area (Å²) in [6.45, 7) is 0.347. The van der Waals surface area contributed by atoms with Crippen molar-refractivity contribution in [2.45, 2.75) is 38.3 Å². The van der Waals surface area contributed by atoms with E-state index >= 15 is 0 Å². The van der Waals surface area contributed by atoms with Gasteiger partial charge >= 0.3 is 6.03 Å². The Balaban J connectivity index is 1.89. The molecule has 1 aliphatic rings. The second-order valence-corrected chi connectivity index (χ2v) is 5.92. The molecule has 0 aliphatic heterocycles. The summed E-state index contributed by atoms with van der Waals surface area (Å²) in [4.78, 5) is 23.6. The van der Waals surface area contributed by atoms with Crippen molar-refractivity contribution in [3.8, 4) is 11.5 Å². The molecule has 0 saturated heterocycles. The summed E-state index contributed by atoms with van der Waals surface area (Å²) < 4.78 is 10.4. The van der Waals surface area contributed by atoms with Gasteiger partial charge in [-0.05, 0) is 30.5 Å². The van der Waals surface area contributed by atoms with Crippen molar-refractivity contribution in [1.29, 1.82) is 0 Å². The van der Waals surface area contributed by atoms with E-state index in [-0.39, 0.29) is 23.9 Å². The van der Waals surface area contributed by atoms with Gasteiger partial charge in [0.1, 0.15) is 0 Å². The highest BCUT2D eigenvalue weighted by Crippen LogP contribution is 2.27. The lowest BCUT2D eigenvalue weighted by Crippen LogP contribution is -2.50. The van der Waals surface area contributed by atoms with Crippen LogP contribution < -0.4 is 25.8 Å². The minimum absolute atomic E-state index is 0.193. The Morgan fingerprint density at radius 2 is 1.88 bits per heavy atom. The molecule has 0 spiro atoms. The lowest BCUT2D eigenvalue weighted by Gasteiger charge is -2.29. The molecule has 1 saturated carbocycles. The minimum Gasteiger partial charge on any atom is -0.493 e. The molecule has 0 bridgehead atoms. The van der Waals surface area contributed by atoms with Crippen LogP contribution in [-0.2, 0) is 11.3 Å². The van der Waals surface area contributed by atoms with E-state index in [9.17, 15) is 9.59 Å². The van der Waals surface area contributed by atoms with Crippen LogP contribution in [0.2, 0.25) is 0 Å². The zero-order chi connectivity index (χ0) is 17.5. The zero-order valence-corrected chi connectivity index (χ0v) is 14.1. The number of hydrogen-bond acceptors (Lipinski definition) is 4. The smallest absolute Gasteiger partial charge is 0.315 e. The van der Waals surface area contributed by atoms with Crippen LogP contribution in [0.1, 0.15) is 31.2 Å². The van der Waals surface area contributed by atoms with E-state index in [1.807, 2.05) is 12.1 Å². The summed E-state index contributed by atoms with van der Waals surface area (Å²) in [6, 6.07) is 4.96. The molecule has 0 heterocycles. The number of amides is 3. The van der Waals surface area contributed by atoms with Crippen molar-refractivity contribution in [2.24, 2.45) is 11.7 Å². The molecule has 0 aromatic heterocycles. The van der Waals surface area contributed by atoms with Crippen LogP contribution in [-0.4, -0.2) is 32.2 Å². The first-order valence-electron chi connectivity index (χ1n) is 8.09. The Morgan fingerprint density at radius 3 is 2.54 bits per heavy atom. The third-order valence-electron chi connectivity index (χ3n) is 4.35. The molecular weight excluding hydrogens is 310 g/mol. The molecule has 1 aliphatic carbocycles. The molecule has 1 fully saturated rings. The monoisotopic (exact) mass is 335 g/mol. The molecule has 2 atom stereocenters. The van der Waals surface area contributed by atoms with Gasteiger partial charge in [0.25, 0.3) is 0 Å². The van der Waals surface area contributed by atoms with Crippen molar-refractivity contribution < 1.29 is 19.1 Å². The normalized spacial score (nSPS) is 20.1. The maximum atomic E-state index is 12.1. The molecule has 24 heavy (non-hydrogen) atoms. The molecule has 3 amide bonds. The van der Waals surface area contributed by atoms with Gasteiger partial charge in [-0.15, -0.1) is 0 Å². The number of nitrogens with one attached hydrogen (secondary N) is 2. The fourth-order valence-corrected chi connectivity index (χ4v) is 3.04. The van der Waals surface area contributed by atoms with Crippen molar-refractivity contribution in [3.05, 3.63) is 23.8 Å². The Labute approximate surface area is 141 Å². The van der Waals surface area contributed by atoms with Crippen molar-refractivity contribution >= 4 is 11.9 Å². The second kappa shape index (κ2) is 8.42. The first-order valence-corrected chi connectivity index (χ1v) is 8.09. The van der Waals surface area contributed by atoms with Crippen LogP contribution in [0.25, 0.3) is 0 Å². The lowest BCUT2D eigenvalue weighted by molar-refractivity contribution is -0.123. The van der Waals surface area contributed by atoms with Gasteiger partial charge in [0.05, 0.1) is 20.1 Å². The SMILES string of the molecule is COc1ccc(CNC(=O)N[C@@H]2CCCC[C@@H]2C(N)=O)cc1OC. The summed E-state index contributed by atoms with van der Waals surface area (Å²) >= 11 is 0. The lowest BCUT2D eigenvalue weighted by atomic mass is 9.84. The number of methoxy groups -OCH3 is 2. The molecule has 2 rings (SSSR count). The maximum absolute atomic E-state index is 12.1. The zero-order valence-electron chi connectivity index (χ0n) is 14.1. The topological polar surface area (TPSA) is 103 Å². The van der Waals surface area contributed by atoms with E-state index < -0.39 is 0 Å². The average molecular weight is 335 g/mol. The summed E-state index contributed by atoms with van der Waals surface area (Å²) in [7, 11) is 3.14. The van der Waals surface area contributed by atoms with E-state index in [2.05, 4.69) is 10.6 Å². The van der Waals surface area contributed by atoms with Gasteiger partial charge in [-0.2, -0.15) is 0 Å². The van der Waals surface area contributed by atoms with Crippen LogP contribution in [0.15, 0.2) is 18.2 Å². The minimum atomic E-state index is -0.347. The fourth-order valence-electron chi connectivity index (χ4n) is 3.04. The Bertz CT molecular complexity index is 591. The van der Waals surface area contributed by atoms with Crippen LogP contribution in [0.3, 0.4) is 0 Å². The third-order valence-corrected chi connectivity index (χ3v) is 4.35. The van der Waals surface area contributed by atoms with Crippen LogP contribution in [0.5, 0.6) is 11.5 Å². The van der Waals surface area contributed by atoms with E-state index in [0.29, 0.717) is 18.0 Å². The number of benzene rings is 1. The van der Waals surface area contributed by atoms with Gasteiger partial charge in [-0.1, -0.05) is 18.9 Å². The third kappa shape index (κ3) is 4.53. The molecule has 1 aromatic carbocycles. The highest BCUT2D eigenvalue weighted by atomic mass is 16.5.